The van der Waals surface area contributed by atoms with E-state index in [2.05, 4.69) is 4.72 Å². The smallest absolute Gasteiger partial charge is 0.295 e. The zero-order chi connectivity index (χ0) is 14.9. The Balaban J connectivity index is 1.93. The maximum Gasteiger partial charge on any atom is 0.295 e. The third-order valence-corrected chi connectivity index (χ3v) is 4.36. The Morgan fingerprint density at radius 3 is 2.48 bits per heavy atom. The van der Waals surface area contributed by atoms with Crippen molar-refractivity contribution in [2.75, 3.05) is 4.72 Å². The Hall–Kier alpha value is -2.31. The molecule has 0 unspecified atom stereocenters. The largest absolute Gasteiger partial charge is 0.446 e. The normalized spacial score (nSPS) is 11.7. The maximum atomic E-state index is 12.2. The summed E-state index contributed by atoms with van der Waals surface area (Å²) in [5.41, 5.74) is 5.90. The predicted molar refractivity (Wildman–Crippen MR) is 81.4 cm³/mol. The highest BCUT2D eigenvalue weighted by Gasteiger charge is 2.18. The van der Waals surface area contributed by atoms with Crippen LogP contribution in [-0.4, -0.2) is 8.42 Å². The summed E-state index contributed by atoms with van der Waals surface area (Å²) in [7, 11) is -3.74. The standard InChI is InChI=1S/C15H14N2O3S/c16-10-14-7-8-15(20-14)21(18,19)17-13-6-5-11-3-1-2-4-12(11)9-13/h1-9,17H,10,16H2. The topological polar surface area (TPSA) is 85.3 Å². The molecule has 3 N–H and O–H groups in total. The van der Waals surface area contributed by atoms with E-state index in [4.69, 9.17) is 10.2 Å². The van der Waals surface area contributed by atoms with Gasteiger partial charge in [-0.2, -0.15) is 8.42 Å². The maximum absolute atomic E-state index is 12.2. The third kappa shape index (κ3) is 2.76. The van der Waals surface area contributed by atoms with Crippen molar-refractivity contribution >= 4 is 26.5 Å². The fourth-order valence-corrected chi connectivity index (χ4v) is 3.07. The summed E-state index contributed by atoms with van der Waals surface area (Å²) in [6, 6.07) is 16.0. The minimum Gasteiger partial charge on any atom is -0.446 e. The molecule has 5 nitrogen and oxygen atoms in total. The number of hydrogen-bond donors (Lipinski definition) is 2. The van der Waals surface area contributed by atoms with Gasteiger partial charge in [-0.15, -0.1) is 0 Å². The van der Waals surface area contributed by atoms with Crippen molar-refractivity contribution in [3.63, 3.8) is 0 Å². The summed E-state index contributed by atoms with van der Waals surface area (Å²) in [6.45, 7) is 0.158. The van der Waals surface area contributed by atoms with Crippen molar-refractivity contribution in [3.05, 3.63) is 60.4 Å². The van der Waals surface area contributed by atoms with E-state index < -0.39 is 10.0 Å². The van der Waals surface area contributed by atoms with E-state index in [0.29, 0.717) is 11.4 Å². The van der Waals surface area contributed by atoms with Gasteiger partial charge in [0, 0.05) is 5.69 Å². The lowest BCUT2D eigenvalue weighted by Crippen LogP contribution is -2.12. The van der Waals surface area contributed by atoms with Gasteiger partial charge in [0.15, 0.2) is 0 Å². The van der Waals surface area contributed by atoms with Crippen LogP contribution in [0.1, 0.15) is 5.76 Å². The van der Waals surface area contributed by atoms with E-state index in [0.717, 1.165) is 10.8 Å². The third-order valence-electron chi connectivity index (χ3n) is 3.10. The average Bonchev–Trinajstić information content (AvgIpc) is 2.96. The molecule has 108 valence electrons. The lowest BCUT2D eigenvalue weighted by atomic mass is 10.1. The second-order valence-electron chi connectivity index (χ2n) is 4.59. The van der Waals surface area contributed by atoms with Gasteiger partial charge in [0.25, 0.3) is 10.0 Å². The van der Waals surface area contributed by atoms with Gasteiger partial charge in [-0.1, -0.05) is 30.3 Å². The van der Waals surface area contributed by atoms with Crippen molar-refractivity contribution in [2.24, 2.45) is 5.73 Å². The Labute approximate surface area is 122 Å². The van der Waals surface area contributed by atoms with Crippen LogP contribution in [0.25, 0.3) is 10.8 Å². The minimum atomic E-state index is -3.74. The summed E-state index contributed by atoms with van der Waals surface area (Å²) in [5.74, 6) is 0.425. The molecular weight excluding hydrogens is 288 g/mol. The number of nitrogens with two attached hydrogens (primary N) is 1. The highest BCUT2D eigenvalue weighted by molar-refractivity contribution is 7.92. The van der Waals surface area contributed by atoms with Crippen molar-refractivity contribution in [1.82, 2.24) is 0 Å². The highest BCUT2D eigenvalue weighted by atomic mass is 32.2. The summed E-state index contributed by atoms with van der Waals surface area (Å²) in [5, 5.41) is 1.86. The number of hydrogen-bond acceptors (Lipinski definition) is 4. The molecule has 0 saturated heterocycles. The number of sulfonamides is 1. The lowest BCUT2D eigenvalue weighted by molar-refractivity contribution is 0.417. The first-order chi connectivity index (χ1) is 10.1. The zero-order valence-electron chi connectivity index (χ0n) is 11.1. The zero-order valence-corrected chi connectivity index (χ0v) is 11.9. The fraction of sp³-hybridized carbons (Fsp3) is 0.0667. The molecule has 0 atom stereocenters. The Morgan fingerprint density at radius 2 is 1.76 bits per heavy atom. The van der Waals surface area contributed by atoms with Crippen molar-refractivity contribution in [3.8, 4) is 0 Å². The summed E-state index contributed by atoms with van der Waals surface area (Å²) < 4.78 is 32.1. The average molecular weight is 302 g/mol. The molecule has 0 radical (unpaired) electrons. The van der Waals surface area contributed by atoms with Crippen LogP contribution in [0.15, 0.2) is 64.1 Å². The van der Waals surface area contributed by atoms with Crippen LogP contribution in [-0.2, 0) is 16.6 Å². The van der Waals surface area contributed by atoms with E-state index >= 15 is 0 Å². The Bertz CT molecular complexity index is 885. The quantitative estimate of drug-likeness (QED) is 0.776. The molecule has 0 aliphatic carbocycles. The summed E-state index contributed by atoms with van der Waals surface area (Å²) in [6.07, 6.45) is 0. The first-order valence-electron chi connectivity index (χ1n) is 6.39. The van der Waals surface area contributed by atoms with Crippen LogP contribution in [0, 0.1) is 0 Å². The first kappa shape index (κ1) is 13.7. The van der Waals surface area contributed by atoms with Gasteiger partial charge >= 0.3 is 0 Å². The molecule has 0 aliphatic heterocycles. The summed E-state index contributed by atoms with van der Waals surface area (Å²) >= 11 is 0. The van der Waals surface area contributed by atoms with Crippen molar-refractivity contribution < 1.29 is 12.8 Å². The lowest BCUT2D eigenvalue weighted by Gasteiger charge is -2.07. The molecule has 0 spiro atoms. The first-order valence-corrected chi connectivity index (χ1v) is 7.87. The molecular formula is C15H14N2O3S. The van der Waals surface area contributed by atoms with Crippen molar-refractivity contribution in [1.29, 1.82) is 0 Å². The molecule has 2 aromatic carbocycles. The van der Waals surface area contributed by atoms with E-state index in [1.54, 1.807) is 18.2 Å². The number of benzene rings is 2. The van der Waals surface area contributed by atoms with Crippen LogP contribution >= 0.6 is 0 Å². The second kappa shape index (κ2) is 5.23. The number of fused-ring (bicyclic) bond motifs is 1. The van der Waals surface area contributed by atoms with Gasteiger partial charge in [0.05, 0.1) is 6.54 Å². The predicted octanol–water partition coefficient (Wildman–Crippen LogP) is 2.69. The Kier molecular flexibility index (Phi) is 3.40. The second-order valence-corrected chi connectivity index (χ2v) is 6.21. The van der Waals surface area contributed by atoms with Gasteiger partial charge in [-0.25, -0.2) is 0 Å². The Morgan fingerprint density at radius 1 is 1.00 bits per heavy atom. The van der Waals surface area contributed by atoms with Gasteiger partial charge in [-0.05, 0) is 35.0 Å². The number of rotatable bonds is 4. The molecule has 0 saturated carbocycles. The van der Waals surface area contributed by atoms with Gasteiger partial charge in [0.2, 0.25) is 5.09 Å². The SMILES string of the molecule is NCc1ccc(S(=O)(=O)Nc2ccc3ccccc3c2)o1. The van der Waals surface area contributed by atoms with Gasteiger partial charge in [-0.3, -0.25) is 4.72 Å². The fourth-order valence-electron chi connectivity index (χ4n) is 2.07. The number of furan rings is 1. The minimum absolute atomic E-state index is 0.142. The highest BCUT2D eigenvalue weighted by Crippen LogP contribution is 2.22. The molecule has 0 bridgehead atoms. The summed E-state index contributed by atoms with van der Waals surface area (Å²) in [4.78, 5) is 0. The van der Waals surface area contributed by atoms with E-state index in [9.17, 15) is 8.42 Å². The monoisotopic (exact) mass is 302 g/mol. The number of nitrogens with one attached hydrogen (secondary N) is 1. The van der Waals surface area contributed by atoms with Crippen molar-refractivity contribution in [2.45, 2.75) is 11.6 Å². The van der Waals surface area contributed by atoms with E-state index in [1.165, 1.54) is 6.07 Å². The molecule has 21 heavy (non-hydrogen) atoms. The molecule has 3 rings (SSSR count). The van der Waals surface area contributed by atoms with Gasteiger partial charge in [0.1, 0.15) is 5.76 Å². The van der Waals surface area contributed by atoms with Gasteiger partial charge < -0.3 is 10.2 Å². The van der Waals surface area contributed by atoms with Crippen LogP contribution in [0.3, 0.4) is 0 Å². The molecule has 1 aromatic heterocycles. The number of anilines is 1. The molecule has 0 aliphatic rings. The van der Waals surface area contributed by atoms with E-state index in [1.807, 2.05) is 30.3 Å². The van der Waals surface area contributed by atoms with Crippen LogP contribution in [0.2, 0.25) is 0 Å². The molecule has 1 heterocycles. The molecule has 0 amide bonds. The van der Waals surface area contributed by atoms with Crippen LogP contribution < -0.4 is 10.5 Å². The van der Waals surface area contributed by atoms with Crippen LogP contribution in [0.5, 0.6) is 0 Å². The molecule has 6 heteroatoms. The van der Waals surface area contributed by atoms with E-state index in [-0.39, 0.29) is 11.6 Å². The molecule has 0 fully saturated rings. The molecule has 3 aromatic rings. The van der Waals surface area contributed by atoms with Crippen LogP contribution in [0.4, 0.5) is 5.69 Å².